The molecule has 5 N–H and O–H groups in total. The Kier molecular flexibility index (Phi) is 4.84. The number of carbonyl (C=O) groups is 1. The first-order chi connectivity index (χ1) is 12.4. The van der Waals surface area contributed by atoms with Gasteiger partial charge in [-0.3, -0.25) is 4.79 Å². The van der Waals surface area contributed by atoms with Crippen LogP contribution in [0.25, 0.3) is 17.0 Å². The molecule has 0 saturated carbocycles. The molecule has 0 bridgehead atoms. The highest BCUT2D eigenvalue weighted by atomic mass is 16.3. The van der Waals surface area contributed by atoms with Crippen molar-refractivity contribution in [3.63, 3.8) is 0 Å². The standard InChI is InChI=1S/C20H19NO5/c22-14(5-4-12-8-18(24)20(26)19(25)9-12)3-1-2-13-11-21-17-7-6-15(23)10-16(13)17/h4-11,21,23-26H,1-3H2/b5-4+. The van der Waals surface area contributed by atoms with E-state index in [0.29, 0.717) is 24.8 Å². The number of aromatic nitrogens is 1. The molecular weight excluding hydrogens is 334 g/mol. The summed E-state index contributed by atoms with van der Waals surface area (Å²) in [5, 5.41) is 38.7. The summed E-state index contributed by atoms with van der Waals surface area (Å²) < 4.78 is 0. The number of hydrogen-bond acceptors (Lipinski definition) is 5. The molecule has 0 spiro atoms. The van der Waals surface area contributed by atoms with Crippen molar-refractivity contribution in [3.05, 3.63) is 53.7 Å². The Balaban J connectivity index is 1.58. The van der Waals surface area contributed by atoms with E-state index in [1.54, 1.807) is 12.1 Å². The minimum atomic E-state index is -0.585. The second-order valence-electron chi connectivity index (χ2n) is 6.10. The molecule has 0 saturated heterocycles. The lowest BCUT2D eigenvalue weighted by Crippen LogP contribution is -1.94. The van der Waals surface area contributed by atoms with Gasteiger partial charge in [0.05, 0.1) is 0 Å². The van der Waals surface area contributed by atoms with Crippen LogP contribution in [0, 0.1) is 0 Å². The lowest BCUT2D eigenvalue weighted by Gasteiger charge is -2.02. The van der Waals surface area contributed by atoms with E-state index >= 15 is 0 Å². The van der Waals surface area contributed by atoms with E-state index in [9.17, 15) is 25.2 Å². The van der Waals surface area contributed by atoms with Crippen molar-refractivity contribution in [2.75, 3.05) is 0 Å². The first-order valence-corrected chi connectivity index (χ1v) is 8.19. The van der Waals surface area contributed by atoms with Gasteiger partial charge in [-0.25, -0.2) is 0 Å². The quantitative estimate of drug-likeness (QED) is 0.343. The number of H-pyrrole nitrogens is 1. The Labute approximate surface area is 149 Å². The largest absolute Gasteiger partial charge is 0.508 e. The van der Waals surface area contributed by atoms with Crippen LogP contribution in [0.1, 0.15) is 24.0 Å². The van der Waals surface area contributed by atoms with Crippen molar-refractivity contribution in [2.24, 2.45) is 0 Å². The minimum absolute atomic E-state index is 0.0836. The Morgan fingerprint density at radius 1 is 1.04 bits per heavy atom. The molecule has 0 aliphatic carbocycles. The molecule has 26 heavy (non-hydrogen) atoms. The average molecular weight is 353 g/mol. The lowest BCUT2D eigenvalue weighted by atomic mass is 10.0. The summed E-state index contributed by atoms with van der Waals surface area (Å²) in [5.41, 5.74) is 2.40. The van der Waals surface area contributed by atoms with Crippen LogP contribution in [-0.2, 0) is 11.2 Å². The fraction of sp³-hybridized carbons (Fsp3) is 0.150. The van der Waals surface area contributed by atoms with Crippen molar-refractivity contribution in [1.29, 1.82) is 0 Å². The van der Waals surface area contributed by atoms with Crippen molar-refractivity contribution < 1.29 is 25.2 Å². The van der Waals surface area contributed by atoms with E-state index in [0.717, 1.165) is 16.5 Å². The summed E-state index contributed by atoms with van der Waals surface area (Å²) in [6.07, 6.45) is 6.43. The summed E-state index contributed by atoms with van der Waals surface area (Å²) in [7, 11) is 0. The van der Waals surface area contributed by atoms with Crippen molar-refractivity contribution in [2.45, 2.75) is 19.3 Å². The van der Waals surface area contributed by atoms with Crippen LogP contribution in [-0.4, -0.2) is 31.2 Å². The smallest absolute Gasteiger partial charge is 0.200 e. The van der Waals surface area contributed by atoms with Gasteiger partial charge in [-0.1, -0.05) is 6.08 Å². The normalized spacial score (nSPS) is 11.4. The van der Waals surface area contributed by atoms with Crippen LogP contribution in [0.4, 0.5) is 0 Å². The number of carbonyl (C=O) groups excluding carboxylic acids is 1. The summed E-state index contributed by atoms with van der Waals surface area (Å²) in [4.78, 5) is 15.1. The van der Waals surface area contributed by atoms with Crippen LogP contribution in [0.2, 0.25) is 0 Å². The van der Waals surface area contributed by atoms with Gasteiger partial charge in [0.2, 0.25) is 0 Å². The molecule has 1 aromatic heterocycles. The zero-order valence-electron chi connectivity index (χ0n) is 13.9. The highest BCUT2D eigenvalue weighted by Gasteiger charge is 2.08. The number of rotatable bonds is 6. The molecule has 2 aromatic carbocycles. The second kappa shape index (κ2) is 7.23. The zero-order valence-corrected chi connectivity index (χ0v) is 13.9. The minimum Gasteiger partial charge on any atom is -0.508 e. The number of ketones is 1. The molecule has 6 nitrogen and oxygen atoms in total. The predicted octanol–water partition coefficient (Wildman–Crippen LogP) is 3.60. The van der Waals surface area contributed by atoms with Crippen molar-refractivity contribution in [1.82, 2.24) is 4.98 Å². The van der Waals surface area contributed by atoms with E-state index in [2.05, 4.69) is 4.98 Å². The number of benzene rings is 2. The van der Waals surface area contributed by atoms with E-state index in [1.807, 2.05) is 12.3 Å². The lowest BCUT2D eigenvalue weighted by molar-refractivity contribution is -0.114. The van der Waals surface area contributed by atoms with Gasteiger partial charge < -0.3 is 25.4 Å². The average Bonchev–Trinajstić information content (AvgIpc) is 3.00. The zero-order chi connectivity index (χ0) is 18.7. The molecule has 0 atom stereocenters. The number of phenolic OH excluding ortho intramolecular Hbond substituents is 4. The van der Waals surface area contributed by atoms with Gasteiger partial charge in [0, 0.05) is 23.5 Å². The highest BCUT2D eigenvalue weighted by molar-refractivity contribution is 5.93. The molecule has 1 heterocycles. The molecule has 3 rings (SSSR count). The Hall–Kier alpha value is -3.41. The summed E-state index contributed by atoms with van der Waals surface area (Å²) in [6.45, 7) is 0. The molecular formula is C20H19NO5. The number of aryl methyl sites for hydroxylation is 1. The number of aromatic amines is 1. The van der Waals surface area contributed by atoms with E-state index in [-0.39, 0.29) is 11.5 Å². The summed E-state index contributed by atoms with van der Waals surface area (Å²) in [6, 6.07) is 7.65. The topological polar surface area (TPSA) is 114 Å². The SMILES string of the molecule is O=C(/C=C/c1cc(O)c(O)c(O)c1)CCCc1c[nH]c2ccc(O)cc12. The summed E-state index contributed by atoms with van der Waals surface area (Å²) >= 11 is 0. The molecule has 0 amide bonds. The van der Waals surface area contributed by atoms with Crippen LogP contribution >= 0.6 is 0 Å². The van der Waals surface area contributed by atoms with E-state index < -0.39 is 17.2 Å². The fourth-order valence-corrected chi connectivity index (χ4v) is 2.82. The van der Waals surface area contributed by atoms with Gasteiger partial charge in [-0.15, -0.1) is 0 Å². The molecule has 6 heteroatoms. The van der Waals surface area contributed by atoms with Gasteiger partial charge in [0.15, 0.2) is 23.0 Å². The first-order valence-electron chi connectivity index (χ1n) is 8.19. The van der Waals surface area contributed by atoms with Gasteiger partial charge in [0.1, 0.15) is 5.75 Å². The monoisotopic (exact) mass is 353 g/mol. The van der Waals surface area contributed by atoms with Crippen LogP contribution in [0.5, 0.6) is 23.0 Å². The third kappa shape index (κ3) is 3.80. The summed E-state index contributed by atoms with van der Waals surface area (Å²) in [5.74, 6) is -1.35. The Morgan fingerprint density at radius 2 is 1.77 bits per heavy atom. The molecule has 3 aromatic rings. The number of fused-ring (bicyclic) bond motifs is 1. The van der Waals surface area contributed by atoms with E-state index in [1.165, 1.54) is 24.3 Å². The van der Waals surface area contributed by atoms with E-state index in [4.69, 9.17) is 0 Å². The highest BCUT2D eigenvalue weighted by Crippen LogP contribution is 2.35. The predicted molar refractivity (Wildman–Crippen MR) is 98.4 cm³/mol. The van der Waals surface area contributed by atoms with Crippen LogP contribution < -0.4 is 0 Å². The number of aromatic hydroxyl groups is 4. The molecule has 0 aliphatic rings. The van der Waals surface area contributed by atoms with Gasteiger partial charge in [-0.2, -0.15) is 0 Å². The van der Waals surface area contributed by atoms with Gasteiger partial charge in [-0.05, 0) is 60.4 Å². The molecule has 0 unspecified atom stereocenters. The maximum atomic E-state index is 12.0. The third-order valence-electron chi connectivity index (χ3n) is 4.17. The number of nitrogens with one attached hydrogen (secondary N) is 1. The Bertz CT molecular complexity index is 964. The number of hydrogen-bond donors (Lipinski definition) is 5. The third-order valence-corrected chi connectivity index (χ3v) is 4.17. The van der Waals surface area contributed by atoms with Crippen molar-refractivity contribution in [3.8, 4) is 23.0 Å². The maximum absolute atomic E-state index is 12.0. The maximum Gasteiger partial charge on any atom is 0.200 e. The van der Waals surface area contributed by atoms with Crippen LogP contribution in [0.15, 0.2) is 42.6 Å². The molecule has 134 valence electrons. The molecule has 0 aliphatic heterocycles. The first kappa shape index (κ1) is 17.4. The molecule has 0 radical (unpaired) electrons. The fourth-order valence-electron chi connectivity index (χ4n) is 2.82. The second-order valence-corrected chi connectivity index (χ2v) is 6.10. The van der Waals surface area contributed by atoms with Crippen LogP contribution in [0.3, 0.4) is 0 Å². The number of phenols is 4. The Morgan fingerprint density at radius 3 is 2.50 bits per heavy atom. The van der Waals surface area contributed by atoms with Gasteiger partial charge in [0.25, 0.3) is 0 Å². The molecule has 0 fully saturated rings. The van der Waals surface area contributed by atoms with Crippen molar-refractivity contribution >= 4 is 22.8 Å². The number of allylic oxidation sites excluding steroid dienone is 1. The van der Waals surface area contributed by atoms with Gasteiger partial charge >= 0.3 is 0 Å².